The van der Waals surface area contributed by atoms with Crippen molar-refractivity contribution in [3.8, 4) is 0 Å². The minimum atomic E-state index is -3.21. The van der Waals surface area contributed by atoms with Gasteiger partial charge in [-0.05, 0) is 26.0 Å². The van der Waals surface area contributed by atoms with Gasteiger partial charge in [0.15, 0.2) is 15.5 Å². The van der Waals surface area contributed by atoms with E-state index in [1.807, 2.05) is 0 Å². The zero-order chi connectivity index (χ0) is 18.5. The summed E-state index contributed by atoms with van der Waals surface area (Å²) < 4.78 is 30.1. The molecule has 1 N–H and O–H groups in total. The summed E-state index contributed by atoms with van der Waals surface area (Å²) in [7, 11) is -3.21. The Morgan fingerprint density at radius 2 is 2.19 bits per heavy atom. The molecule has 0 saturated carbocycles. The summed E-state index contributed by atoms with van der Waals surface area (Å²) in [5.74, 6) is 0.0787. The van der Waals surface area contributed by atoms with E-state index in [0.29, 0.717) is 18.8 Å². The molecule has 2 aromatic rings. The number of aromatic nitrogens is 1. The van der Waals surface area contributed by atoms with Gasteiger partial charge < -0.3 is 9.84 Å². The molecule has 2 aliphatic rings. The molecule has 3 atom stereocenters. The third kappa shape index (κ3) is 3.30. The molecule has 1 amide bonds. The van der Waals surface area contributed by atoms with Gasteiger partial charge in [0.1, 0.15) is 5.76 Å². The fourth-order valence-corrected chi connectivity index (χ4v) is 7.19. The van der Waals surface area contributed by atoms with Gasteiger partial charge >= 0.3 is 0 Å². The molecule has 9 heteroatoms. The number of carbonyl (C=O) groups is 1. The summed E-state index contributed by atoms with van der Waals surface area (Å²) in [6, 6.07) is 5.34. The minimum Gasteiger partial charge on any atom is -0.361 e. The summed E-state index contributed by atoms with van der Waals surface area (Å²) in [5.41, 5.74) is 0.187. The normalized spacial score (nSPS) is 27.5. The van der Waals surface area contributed by atoms with E-state index in [2.05, 4.69) is 34.4 Å². The van der Waals surface area contributed by atoms with Crippen LogP contribution in [-0.4, -0.2) is 54.5 Å². The molecule has 26 heavy (non-hydrogen) atoms. The molecule has 0 unspecified atom stereocenters. The highest BCUT2D eigenvalue weighted by Crippen LogP contribution is 2.35. The van der Waals surface area contributed by atoms with Gasteiger partial charge in [-0.2, -0.15) is 0 Å². The van der Waals surface area contributed by atoms with Gasteiger partial charge in [-0.25, -0.2) is 8.42 Å². The molecule has 0 radical (unpaired) electrons. The molecule has 4 rings (SSSR count). The molecule has 2 aliphatic heterocycles. The Morgan fingerprint density at radius 3 is 2.85 bits per heavy atom. The fraction of sp³-hybridized carbons (Fsp3) is 0.529. The van der Waals surface area contributed by atoms with E-state index in [4.69, 9.17) is 4.52 Å². The topological polar surface area (TPSA) is 92.5 Å². The number of hydrogen-bond acceptors (Lipinski definition) is 7. The van der Waals surface area contributed by atoms with Crippen molar-refractivity contribution in [2.45, 2.75) is 31.7 Å². The predicted octanol–water partition coefficient (Wildman–Crippen LogP) is 1.38. The Labute approximate surface area is 156 Å². The van der Waals surface area contributed by atoms with E-state index in [-0.39, 0.29) is 29.3 Å². The van der Waals surface area contributed by atoms with Crippen LogP contribution in [0.4, 0.5) is 0 Å². The van der Waals surface area contributed by atoms with Crippen molar-refractivity contribution in [2.24, 2.45) is 5.92 Å². The Bertz CT molecular complexity index is 933. The van der Waals surface area contributed by atoms with Crippen LogP contribution in [0.5, 0.6) is 0 Å². The lowest BCUT2D eigenvalue weighted by atomic mass is 10.0. The van der Waals surface area contributed by atoms with Gasteiger partial charge in [0.2, 0.25) is 0 Å². The number of likely N-dealkylation sites (tertiary alicyclic amines) is 1. The molecule has 0 aliphatic carbocycles. The lowest BCUT2D eigenvalue weighted by molar-refractivity contribution is 0.0921. The molecular weight excluding hydrogens is 374 g/mol. The number of nitrogens with one attached hydrogen (secondary N) is 1. The Hall–Kier alpha value is -1.71. The highest BCUT2D eigenvalue weighted by Gasteiger charge is 2.52. The van der Waals surface area contributed by atoms with Crippen LogP contribution >= 0.6 is 11.3 Å². The maximum Gasteiger partial charge on any atom is 0.273 e. The molecular formula is C17H21N3O4S2. The predicted molar refractivity (Wildman–Crippen MR) is 97.9 cm³/mol. The van der Waals surface area contributed by atoms with Gasteiger partial charge in [0, 0.05) is 47.4 Å². The number of carbonyl (C=O) groups excluding carboxylic acids is 1. The number of amides is 1. The Kier molecular flexibility index (Phi) is 4.40. The van der Waals surface area contributed by atoms with Crippen molar-refractivity contribution in [3.05, 3.63) is 39.4 Å². The van der Waals surface area contributed by atoms with E-state index >= 15 is 0 Å². The first-order chi connectivity index (χ1) is 12.3. The largest absolute Gasteiger partial charge is 0.361 e. The lowest BCUT2D eigenvalue weighted by Gasteiger charge is -2.20. The van der Waals surface area contributed by atoms with Gasteiger partial charge in [0.25, 0.3) is 5.91 Å². The number of rotatable bonds is 4. The quantitative estimate of drug-likeness (QED) is 0.841. The molecule has 0 aromatic carbocycles. The molecule has 7 nitrogen and oxygen atoms in total. The number of aryl methyl sites for hydroxylation is 2. The van der Waals surface area contributed by atoms with E-state index in [9.17, 15) is 13.2 Å². The van der Waals surface area contributed by atoms with Crippen LogP contribution in [-0.2, 0) is 16.4 Å². The second-order valence-corrected chi connectivity index (χ2v) is 10.8. The third-order valence-corrected chi connectivity index (χ3v) is 8.36. The van der Waals surface area contributed by atoms with Crippen molar-refractivity contribution in [1.29, 1.82) is 0 Å². The van der Waals surface area contributed by atoms with Crippen LogP contribution in [0.25, 0.3) is 0 Å². The number of sulfone groups is 1. The van der Waals surface area contributed by atoms with Crippen LogP contribution in [0.1, 0.15) is 26.0 Å². The van der Waals surface area contributed by atoms with Crippen LogP contribution in [0.2, 0.25) is 0 Å². The maximum absolute atomic E-state index is 12.6. The summed E-state index contributed by atoms with van der Waals surface area (Å²) in [4.78, 5) is 17.0. The van der Waals surface area contributed by atoms with Crippen molar-refractivity contribution in [3.63, 3.8) is 0 Å². The SMILES string of the molecule is Cc1cc(C(=O)N[C@@H]2CS(=O)(=O)[C@H]3CN(Cc4ccc(C)s4)C[C@@H]23)no1. The molecule has 4 heterocycles. The second-order valence-electron chi connectivity index (χ2n) is 7.14. The zero-order valence-corrected chi connectivity index (χ0v) is 16.3. The van der Waals surface area contributed by atoms with Crippen molar-refractivity contribution < 1.29 is 17.7 Å². The second kappa shape index (κ2) is 6.47. The first-order valence-corrected chi connectivity index (χ1v) is 11.1. The minimum absolute atomic E-state index is 0.00312. The van der Waals surface area contributed by atoms with Crippen LogP contribution in [0, 0.1) is 19.8 Å². The summed E-state index contributed by atoms with van der Waals surface area (Å²) in [5, 5.41) is 6.16. The van der Waals surface area contributed by atoms with Crippen molar-refractivity contribution in [2.75, 3.05) is 18.8 Å². The van der Waals surface area contributed by atoms with Gasteiger partial charge in [-0.1, -0.05) is 5.16 Å². The van der Waals surface area contributed by atoms with Crippen molar-refractivity contribution >= 4 is 27.1 Å². The maximum atomic E-state index is 12.6. The van der Waals surface area contributed by atoms with Gasteiger partial charge in [-0.15, -0.1) is 11.3 Å². The standard InChI is InChI=1S/C17H21N3O4S2/c1-10-5-14(19-24-10)17(21)18-15-9-26(22,23)16-8-20(7-13(15)16)6-12-4-3-11(2)25-12/h3-5,13,15-16H,6-9H2,1-2H3,(H,18,21)/t13-,15+,16-/m0/s1. The molecule has 140 valence electrons. The Morgan fingerprint density at radius 1 is 1.38 bits per heavy atom. The van der Waals surface area contributed by atoms with Gasteiger partial charge in [-0.3, -0.25) is 9.69 Å². The molecule has 0 spiro atoms. The first-order valence-electron chi connectivity index (χ1n) is 8.55. The number of nitrogens with zero attached hydrogens (tertiary/aromatic N) is 2. The summed E-state index contributed by atoms with van der Waals surface area (Å²) in [6.07, 6.45) is 0. The monoisotopic (exact) mass is 395 g/mol. The Balaban J connectivity index is 1.47. The average molecular weight is 396 g/mol. The van der Waals surface area contributed by atoms with E-state index < -0.39 is 15.1 Å². The van der Waals surface area contributed by atoms with E-state index in [1.165, 1.54) is 9.75 Å². The lowest BCUT2D eigenvalue weighted by Crippen LogP contribution is -2.42. The van der Waals surface area contributed by atoms with Crippen LogP contribution in [0.15, 0.2) is 22.7 Å². The number of hydrogen-bond donors (Lipinski definition) is 1. The molecule has 2 aromatic heterocycles. The molecule has 0 bridgehead atoms. The molecule has 2 fully saturated rings. The summed E-state index contributed by atoms with van der Waals surface area (Å²) in [6.45, 7) is 5.72. The van der Waals surface area contributed by atoms with E-state index in [1.54, 1.807) is 24.3 Å². The number of thiophene rings is 1. The fourth-order valence-electron chi connectivity index (χ4n) is 3.93. The smallest absolute Gasteiger partial charge is 0.273 e. The average Bonchev–Trinajstić information content (AvgIpc) is 3.29. The highest BCUT2D eigenvalue weighted by atomic mass is 32.2. The van der Waals surface area contributed by atoms with E-state index in [0.717, 1.165) is 6.54 Å². The highest BCUT2D eigenvalue weighted by molar-refractivity contribution is 7.92. The van der Waals surface area contributed by atoms with Crippen LogP contribution < -0.4 is 5.32 Å². The zero-order valence-electron chi connectivity index (χ0n) is 14.6. The third-order valence-electron chi connectivity index (χ3n) is 5.13. The van der Waals surface area contributed by atoms with Crippen LogP contribution in [0.3, 0.4) is 0 Å². The number of fused-ring (bicyclic) bond motifs is 1. The summed E-state index contributed by atoms with van der Waals surface area (Å²) >= 11 is 1.73. The van der Waals surface area contributed by atoms with Gasteiger partial charge in [0.05, 0.1) is 11.0 Å². The molecule has 2 saturated heterocycles. The van der Waals surface area contributed by atoms with Crippen molar-refractivity contribution in [1.82, 2.24) is 15.4 Å². The first kappa shape index (κ1) is 17.7.